The molecule has 0 unspecified atom stereocenters. The molecule has 0 bridgehead atoms. The van der Waals surface area contributed by atoms with Crippen LogP contribution in [0.3, 0.4) is 0 Å². The summed E-state index contributed by atoms with van der Waals surface area (Å²) in [4.78, 5) is 13.6. The number of carbonyl (C=O) groups excluding carboxylic acids is 1. The van der Waals surface area contributed by atoms with Gasteiger partial charge in [0.05, 0.1) is 19.3 Å². The van der Waals surface area contributed by atoms with Crippen LogP contribution in [0.5, 0.6) is 5.75 Å². The summed E-state index contributed by atoms with van der Waals surface area (Å²) in [6.07, 6.45) is 0.0971. The Morgan fingerprint density at radius 2 is 2.25 bits per heavy atom. The van der Waals surface area contributed by atoms with Gasteiger partial charge in [0, 0.05) is 18.1 Å². The Morgan fingerprint density at radius 1 is 1.50 bits per heavy atom. The minimum absolute atomic E-state index is 0.0696. The molecular formula is C14H19ClN2O3. The van der Waals surface area contributed by atoms with E-state index >= 15 is 0 Å². The summed E-state index contributed by atoms with van der Waals surface area (Å²) in [6, 6.07) is 7.07. The first-order chi connectivity index (χ1) is 9.65. The van der Waals surface area contributed by atoms with E-state index in [1.54, 1.807) is 29.2 Å². The van der Waals surface area contributed by atoms with Gasteiger partial charge in [0.1, 0.15) is 12.4 Å². The van der Waals surface area contributed by atoms with Crippen molar-refractivity contribution in [1.29, 1.82) is 0 Å². The molecular weight excluding hydrogens is 280 g/mol. The number of rotatable bonds is 4. The van der Waals surface area contributed by atoms with Gasteiger partial charge in [0.25, 0.3) is 0 Å². The SMILES string of the molecule is C[C@@H]1CN(C(=O)NCCOc2ccc(Cl)cc2)CCO1. The van der Waals surface area contributed by atoms with Gasteiger partial charge >= 0.3 is 6.03 Å². The van der Waals surface area contributed by atoms with E-state index in [0.717, 1.165) is 5.75 Å². The fraction of sp³-hybridized carbons (Fsp3) is 0.500. The lowest BCUT2D eigenvalue weighted by atomic mass is 10.3. The summed E-state index contributed by atoms with van der Waals surface area (Å²) in [5.41, 5.74) is 0. The molecule has 1 atom stereocenters. The largest absolute Gasteiger partial charge is 0.492 e. The highest BCUT2D eigenvalue weighted by Gasteiger charge is 2.20. The monoisotopic (exact) mass is 298 g/mol. The Kier molecular flexibility index (Phi) is 5.49. The molecule has 1 saturated heterocycles. The summed E-state index contributed by atoms with van der Waals surface area (Å²) in [5, 5.41) is 3.51. The van der Waals surface area contributed by atoms with E-state index in [9.17, 15) is 4.79 Å². The second-order valence-corrected chi connectivity index (χ2v) is 5.10. The van der Waals surface area contributed by atoms with Crippen molar-refractivity contribution in [3.8, 4) is 5.75 Å². The number of carbonyl (C=O) groups is 1. The van der Waals surface area contributed by atoms with Crippen molar-refractivity contribution < 1.29 is 14.3 Å². The average molecular weight is 299 g/mol. The van der Waals surface area contributed by atoms with Crippen molar-refractivity contribution >= 4 is 17.6 Å². The highest BCUT2D eigenvalue weighted by Crippen LogP contribution is 2.15. The number of nitrogens with zero attached hydrogens (tertiary/aromatic N) is 1. The number of benzene rings is 1. The summed E-state index contributed by atoms with van der Waals surface area (Å²) < 4.78 is 10.9. The van der Waals surface area contributed by atoms with Crippen molar-refractivity contribution in [2.24, 2.45) is 0 Å². The minimum atomic E-state index is -0.0696. The summed E-state index contributed by atoms with van der Waals surface area (Å²) in [7, 11) is 0. The minimum Gasteiger partial charge on any atom is -0.492 e. The first-order valence-corrected chi connectivity index (χ1v) is 7.05. The van der Waals surface area contributed by atoms with Crippen LogP contribution in [0.1, 0.15) is 6.92 Å². The molecule has 110 valence electrons. The number of amides is 2. The average Bonchev–Trinajstić information content (AvgIpc) is 2.45. The van der Waals surface area contributed by atoms with E-state index in [-0.39, 0.29) is 12.1 Å². The van der Waals surface area contributed by atoms with E-state index < -0.39 is 0 Å². The zero-order chi connectivity index (χ0) is 14.4. The van der Waals surface area contributed by atoms with Gasteiger partial charge in [-0.25, -0.2) is 4.79 Å². The van der Waals surface area contributed by atoms with Crippen LogP contribution in [0.2, 0.25) is 5.02 Å². The summed E-state index contributed by atoms with van der Waals surface area (Å²) in [5.74, 6) is 0.739. The molecule has 5 nitrogen and oxygen atoms in total. The number of halogens is 1. The van der Waals surface area contributed by atoms with Gasteiger partial charge in [-0.15, -0.1) is 0 Å². The maximum absolute atomic E-state index is 11.9. The predicted octanol–water partition coefficient (Wildman–Crippen LogP) is 2.15. The molecule has 20 heavy (non-hydrogen) atoms. The van der Waals surface area contributed by atoms with Gasteiger partial charge in [-0.1, -0.05) is 11.6 Å². The lowest BCUT2D eigenvalue weighted by molar-refractivity contribution is -0.00353. The van der Waals surface area contributed by atoms with Gasteiger partial charge in [-0.05, 0) is 31.2 Å². The second-order valence-electron chi connectivity index (χ2n) is 4.66. The molecule has 0 spiro atoms. The highest BCUT2D eigenvalue weighted by atomic mass is 35.5. The molecule has 0 saturated carbocycles. The third kappa shape index (κ3) is 4.58. The van der Waals surface area contributed by atoms with Gasteiger partial charge in [0.2, 0.25) is 0 Å². The molecule has 1 heterocycles. The van der Waals surface area contributed by atoms with Crippen molar-refractivity contribution in [2.45, 2.75) is 13.0 Å². The molecule has 1 aliphatic rings. The molecule has 6 heteroatoms. The van der Waals surface area contributed by atoms with Crippen molar-refractivity contribution in [3.63, 3.8) is 0 Å². The van der Waals surface area contributed by atoms with Crippen molar-refractivity contribution in [2.75, 3.05) is 32.8 Å². The smallest absolute Gasteiger partial charge is 0.317 e. The Hall–Kier alpha value is -1.46. The van der Waals surface area contributed by atoms with E-state index in [0.29, 0.717) is 37.9 Å². The first kappa shape index (κ1) is 14.9. The van der Waals surface area contributed by atoms with Crippen molar-refractivity contribution in [3.05, 3.63) is 29.3 Å². The van der Waals surface area contributed by atoms with Crippen LogP contribution in [-0.2, 0) is 4.74 Å². The van der Waals surface area contributed by atoms with Crippen molar-refractivity contribution in [1.82, 2.24) is 10.2 Å². The zero-order valence-corrected chi connectivity index (χ0v) is 12.2. The molecule has 0 aromatic heterocycles. The number of ether oxygens (including phenoxy) is 2. The molecule has 0 aliphatic carbocycles. The molecule has 1 fully saturated rings. The lowest BCUT2D eigenvalue weighted by Crippen LogP contribution is -2.49. The van der Waals surface area contributed by atoms with Gasteiger partial charge in [0.15, 0.2) is 0 Å². The molecule has 1 aromatic rings. The van der Waals surface area contributed by atoms with Gasteiger partial charge in [-0.2, -0.15) is 0 Å². The zero-order valence-electron chi connectivity index (χ0n) is 11.5. The van der Waals surface area contributed by atoms with Crippen LogP contribution in [0, 0.1) is 0 Å². The van der Waals surface area contributed by atoms with Crippen LogP contribution in [-0.4, -0.2) is 49.9 Å². The van der Waals surface area contributed by atoms with Gasteiger partial charge < -0.3 is 19.7 Å². The van der Waals surface area contributed by atoms with Crippen LogP contribution in [0.15, 0.2) is 24.3 Å². The van der Waals surface area contributed by atoms with Crippen LogP contribution in [0.4, 0.5) is 4.79 Å². The van der Waals surface area contributed by atoms with Gasteiger partial charge in [-0.3, -0.25) is 0 Å². The normalized spacial score (nSPS) is 18.7. The fourth-order valence-electron chi connectivity index (χ4n) is 1.97. The molecule has 1 N–H and O–H groups in total. The molecule has 1 aliphatic heterocycles. The maximum atomic E-state index is 11.9. The van der Waals surface area contributed by atoms with Crippen LogP contribution < -0.4 is 10.1 Å². The topological polar surface area (TPSA) is 50.8 Å². The van der Waals surface area contributed by atoms with Crippen LogP contribution >= 0.6 is 11.6 Å². The third-order valence-corrected chi connectivity index (χ3v) is 3.24. The van der Waals surface area contributed by atoms with E-state index in [4.69, 9.17) is 21.1 Å². The van der Waals surface area contributed by atoms with E-state index in [1.165, 1.54) is 0 Å². The summed E-state index contributed by atoms with van der Waals surface area (Å²) >= 11 is 5.78. The van der Waals surface area contributed by atoms with E-state index in [2.05, 4.69) is 5.32 Å². The number of hydrogen-bond acceptors (Lipinski definition) is 3. The number of urea groups is 1. The molecule has 1 aromatic carbocycles. The Morgan fingerprint density at radius 3 is 2.95 bits per heavy atom. The van der Waals surface area contributed by atoms with E-state index in [1.807, 2.05) is 6.92 Å². The highest BCUT2D eigenvalue weighted by molar-refractivity contribution is 6.30. The first-order valence-electron chi connectivity index (χ1n) is 6.68. The summed E-state index contributed by atoms with van der Waals surface area (Å²) in [6.45, 7) is 4.71. The molecule has 2 rings (SSSR count). The third-order valence-electron chi connectivity index (χ3n) is 2.99. The quantitative estimate of drug-likeness (QED) is 0.867. The second kappa shape index (κ2) is 7.36. The maximum Gasteiger partial charge on any atom is 0.317 e. The number of hydrogen-bond donors (Lipinski definition) is 1. The van der Waals surface area contributed by atoms with Crippen LogP contribution in [0.25, 0.3) is 0 Å². The standard InChI is InChI=1S/C14H19ClN2O3/c1-11-10-17(7-9-19-11)14(18)16-6-8-20-13-4-2-12(15)3-5-13/h2-5,11H,6-10H2,1H3,(H,16,18)/t11-/m1/s1. The Bertz CT molecular complexity index is 439. The number of morpholine rings is 1. The Labute approximate surface area is 123 Å². The number of nitrogens with one attached hydrogen (secondary N) is 1. The predicted molar refractivity (Wildman–Crippen MR) is 77.3 cm³/mol. The fourth-order valence-corrected chi connectivity index (χ4v) is 2.10. The Balaban J connectivity index is 1.65. The lowest BCUT2D eigenvalue weighted by Gasteiger charge is -2.31. The molecule has 2 amide bonds. The molecule has 0 radical (unpaired) electrons.